The van der Waals surface area contributed by atoms with Crippen molar-refractivity contribution in [3.05, 3.63) is 81.2 Å². The van der Waals surface area contributed by atoms with Gasteiger partial charge in [-0.15, -0.1) is 0 Å². The molecule has 9 nitrogen and oxygen atoms in total. The summed E-state index contributed by atoms with van der Waals surface area (Å²) in [6.45, 7) is 3.82. The van der Waals surface area contributed by atoms with Crippen molar-refractivity contribution in [2.45, 2.75) is 39.7 Å². The number of pyridine rings is 1. The number of ether oxygens (including phenoxy) is 3. The van der Waals surface area contributed by atoms with E-state index >= 15 is 0 Å². The van der Waals surface area contributed by atoms with Crippen LogP contribution < -0.4 is 19.1 Å². The molecule has 2 heterocycles. The van der Waals surface area contributed by atoms with Crippen LogP contribution >= 0.6 is 27.5 Å². The summed E-state index contributed by atoms with van der Waals surface area (Å²) >= 11 is 10.3. The molecule has 4 rings (SSSR count). The molecule has 0 aliphatic heterocycles. The third-order valence-electron chi connectivity index (χ3n) is 6.74. The molecule has 0 fully saturated rings. The highest BCUT2D eigenvalue weighted by molar-refractivity contribution is 9.10. The van der Waals surface area contributed by atoms with Crippen LogP contribution in [0.25, 0.3) is 5.65 Å². The summed E-state index contributed by atoms with van der Waals surface area (Å²) in [4.78, 5) is 31.5. The smallest absolute Gasteiger partial charge is 0.341 e. The molecule has 0 spiro atoms. The molecule has 0 radical (unpaired) electrons. The van der Waals surface area contributed by atoms with E-state index in [9.17, 15) is 14.7 Å². The summed E-state index contributed by atoms with van der Waals surface area (Å²) in [5.74, 6) is 0.407. The Morgan fingerprint density at radius 2 is 1.86 bits per heavy atom. The minimum atomic E-state index is -1.07. The highest BCUT2D eigenvalue weighted by Crippen LogP contribution is 2.42. The Balaban J connectivity index is 1.82. The molecule has 42 heavy (non-hydrogen) atoms. The lowest BCUT2D eigenvalue weighted by atomic mass is 10.1. The largest absolute Gasteiger partial charge is 0.493 e. The van der Waals surface area contributed by atoms with E-state index in [-0.39, 0.29) is 17.5 Å². The Morgan fingerprint density at radius 1 is 1.10 bits per heavy atom. The number of methoxy groups -OCH3 is 2. The number of carbonyl (C=O) groups excluding carboxylic acids is 1. The van der Waals surface area contributed by atoms with E-state index in [0.29, 0.717) is 59.5 Å². The van der Waals surface area contributed by atoms with E-state index in [0.717, 1.165) is 15.7 Å². The van der Waals surface area contributed by atoms with Crippen molar-refractivity contribution in [1.29, 1.82) is 0 Å². The Bertz CT molecular complexity index is 1590. The van der Waals surface area contributed by atoms with Crippen LogP contribution in [0.15, 0.2) is 59.2 Å². The highest BCUT2D eigenvalue weighted by atomic mass is 79.9. The molecule has 2 aromatic carbocycles. The maximum absolute atomic E-state index is 13.8. The Labute approximate surface area is 258 Å². The number of carboxylic acid groups (broad SMARTS) is 1. The third-order valence-corrected chi connectivity index (χ3v) is 7.60. The zero-order chi connectivity index (χ0) is 30.4. The van der Waals surface area contributed by atoms with Crippen LogP contribution in [0, 0.1) is 5.92 Å². The standard InChI is InChI=1S/C31H33BrClN3O6/c1-19(2)8-13-28(37)36(23-10-12-26(40-3)31(41-4)30(23)33)17-22-24(35-14-6-5-7-27(35)34-22)16-20-15-21(32)9-11-25(20)42-18-29(38)39/h5-7,9-12,14-15,19H,8,13,16-18H2,1-4H3,(H,38,39). The zero-order valence-electron chi connectivity index (χ0n) is 23.9. The van der Waals surface area contributed by atoms with Crippen molar-refractivity contribution in [2.75, 3.05) is 25.7 Å². The van der Waals surface area contributed by atoms with Gasteiger partial charge in [0.05, 0.1) is 37.8 Å². The van der Waals surface area contributed by atoms with Gasteiger partial charge in [-0.25, -0.2) is 9.78 Å². The van der Waals surface area contributed by atoms with Gasteiger partial charge < -0.3 is 28.6 Å². The predicted octanol–water partition coefficient (Wildman–Crippen LogP) is 6.79. The Kier molecular flexibility index (Phi) is 10.3. The number of anilines is 1. The fourth-order valence-corrected chi connectivity index (χ4v) is 5.39. The van der Waals surface area contributed by atoms with Gasteiger partial charge in [-0.2, -0.15) is 0 Å². The first-order chi connectivity index (χ1) is 20.1. The van der Waals surface area contributed by atoms with Gasteiger partial charge in [-0.05, 0) is 54.8 Å². The second-order valence-electron chi connectivity index (χ2n) is 10.1. The van der Waals surface area contributed by atoms with Gasteiger partial charge in [0.25, 0.3) is 0 Å². The lowest BCUT2D eigenvalue weighted by Gasteiger charge is -2.25. The van der Waals surface area contributed by atoms with Gasteiger partial charge >= 0.3 is 5.97 Å². The van der Waals surface area contributed by atoms with E-state index < -0.39 is 12.6 Å². The minimum Gasteiger partial charge on any atom is -0.493 e. The SMILES string of the molecule is COc1ccc(N(Cc2nc3ccccn3c2Cc2cc(Br)ccc2OCC(=O)O)C(=O)CCC(C)C)c(Cl)c1OC. The molecule has 2 aromatic heterocycles. The first kappa shape index (κ1) is 31.2. The molecule has 0 aliphatic rings. The van der Waals surface area contributed by atoms with Crippen molar-refractivity contribution in [3.8, 4) is 17.2 Å². The molecular weight excluding hydrogens is 626 g/mol. The third kappa shape index (κ3) is 7.17. The second kappa shape index (κ2) is 13.9. The minimum absolute atomic E-state index is 0.103. The van der Waals surface area contributed by atoms with Gasteiger partial charge in [-0.3, -0.25) is 4.79 Å². The average Bonchev–Trinajstić information content (AvgIpc) is 3.30. The molecule has 4 aromatic rings. The molecule has 0 aliphatic carbocycles. The number of aromatic nitrogens is 2. The molecule has 0 saturated heterocycles. The fraction of sp³-hybridized carbons (Fsp3) is 0.323. The summed E-state index contributed by atoms with van der Waals surface area (Å²) in [5, 5.41) is 9.44. The van der Waals surface area contributed by atoms with Gasteiger partial charge in [0.1, 0.15) is 16.4 Å². The highest BCUT2D eigenvalue weighted by Gasteiger charge is 2.26. The average molecular weight is 659 g/mol. The molecule has 0 unspecified atom stereocenters. The van der Waals surface area contributed by atoms with E-state index in [1.165, 1.54) is 14.2 Å². The van der Waals surface area contributed by atoms with Crippen molar-refractivity contribution in [2.24, 2.45) is 5.92 Å². The molecule has 11 heteroatoms. The number of benzene rings is 2. The van der Waals surface area contributed by atoms with E-state index in [1.807, 2.05) is 34.9 Å². The first-order valence-electron chi connectivity index (χ1n) is 13.4. The van der Waals surface area contributed by atoms with E-state index in [1.54, 1.807) is 29.2 Å². The van der Waals surface area contributed by atoms with Crippen LogP contribution in [0.3, 0.4) is 0 Å². The van der Waals surface area contributed by atoms with Gasteiger partial charge in [0.2, 0.25) is 5.91 Å². The van der Waals surface area contributed by atoms with Crippen LogP contribution in [0.4, 0.5) is 5.69 Å². The molecule has 1 amide bonds. The first-order valence-corrected chi connectivity index (χ1v) is 14.6. The quantitative estimate of drug-likeness (QED) is 0.169. The molecule has 0 atom stereocenters. The van der Waals surface area contributed by atoms with E-state index in [2.05, 4.69) is 29.8 Å². The number of aliphatic carboxylic acids is 1. The molecule has 222 valence electrons. The number of carboxylic acids is 1. The normalized spacial score (nSPS) is 11.1. The van der Waals surface area contributed by atoms with Gasteiger partial charge in [0, 0.05) is 29.1 Å². The summed E-state index contributed by atoms with van der Waals surface area (Å²) < 4.78 is 19.3. The topological polar surface area (TPSA) is 103 Å². The molecule has 0 bridgehead atoms. The lowest BCUT2D eigenvalue weighted by Crippen LogP contribution is -2.31. The van der Waals surface area contributed by atoms with Crippen LogP contribution in [-0.2, 0) is 22.6 Å². The number of rotatable bonds is 13. The van der Waals surface area contributed by atoms with Crippen LogP contribution in [0.2, 0.25) is 5.02 Å². The number of carbonyl (C=O) groups is 2. The molecular formula is C31H33BrClN3O6. The van der Waals surface area contributed by atoms with Gasteiger partial charge in [0.15, 0.2) is 18.1 Å². The van der Waals surface area contributed by atoms with Crippen molar-refractivity contribution < 1.29 is 28.9 Å². The van der Waals surface area contributed by atoms with Gasteiger partial charge in [-0.1, -0.05) is 47.4 Å². The number of hydrogen-bond donors (Lipinski definition) is 1. The number of imidazole rings is 1. The number of halogens is 2. The Hall–Kier alpha value is -3.76. The molecule has 1 N–H and O–H groups in total. The Morgan fingerprint density at radius 3 is 2.55 bits per heavy atom. The van der Waals surface area contributed by atoms with Crippen LogP contribution in [0.5, 0.6) is 17.2 Å². The predicted molar refractivity (Wildman–Crippen MR) is 165 cm³/mol. The summed E-state index contributed by atoms with van der Waals surface area (Å²) in [6.07, 6.45) is 3.30. The zero-order valence-corrected chi connectivity index (χ0v) is 26.2. The number of fused-ring (bicyclic) bond motifs is 1. The second-order valence-corrected chi connectivity index (χ2v) is 11.4. The maximum atomic E-state index is 13.8. The van der Waals surface area contributed by atoms with Crippen molar-refractivity contribution in [1.82, 2.24) is 9.38 Å². The number of hydrogen-bond acceptors (Lipinski definition) is 6. The monoisotopic (exact) mass is 657 g/mol. The van der Waals surface area contributed by atoms with Crippen LogP contribution in [0.1, 0.15) is 43.6 Å². The van der Waals surface area contributed by atoms with Crippen molar-refractivity contribution >= 4 is 50.7 Å². The van der Waals surface area contributed by atoms with E-state index in [4.69, 9.17) is 30.8 Å². The number of nitrogens with zero attached hydrogens (tertiary/aromatic N) is 3. The van der Waals surface area contributed by atoms with Crippen molar-refractivity contribution in [3.63, 3.8) is 0 Å². The summed E-state index contributed by atoms with van der Waals surface area (Å²) in [5.41, 5.74) is 3.44. The summed E-state index contributed by atoms with van der Waals surface area (Å²) in [7, 11) is 3.03. The molecule has 0 saturated carbocycles. The fourth-order valence-electron chi connectivity index (χ4n) is 4.65. The van der Waals surface area contributed by atoms with Crippen LogP contribution in [-0.4, -0.2) is 47.2 Å². The lowest BCUT2D eigenvalue weighted by molar-refractivity contribution is -0.139. The number of amides is 1. The summed E-state index contributed by atoms with van der Waals surface area (Å²) in [6, 6.07) is 14.6. The maximum Gasteiger partial charge on any atom is 0.341 e.